The molecule has 0 aromatic heterocycles. The fourth-order valence-electron chi connectivity index (χ4n) is 4.95. The number of hydrogen-bond donors (Lipinski definition) is 1. The molecule has 0 saturated carbocycles. The van der Waals surface area contributed by atoms with E-state index in [0.717, 1.165) is 34.0 Å². The van der Waals surface area contributed by atoms with Crippen LogP contribution in [-0.2, 0) is 29.6 Å². The van der Waals surface area contributed by atoms with Gasteiger partial charge in [0, 0.05) is 36.2 Å². The van der Waals surface area contributed by atoms with Gasteiger partial charge in [-0.2, -0.15) is 8.42 Å². The maximum absolute atomic E-state index is 12.2. The van der Waals surface area contributed by atoms with Crippen LogP contribution in [0.15, 0.2) is 163 Å². The average molecular weight is 606 g/mol. The third-order valence-corrected chi connectivity index (χ3v) is 7.61. The summed E-state index contributed by atoms with van der Waals surface area (Å²) < 4.78 is 34.4. The van der Waals surface area contributed by atoms with Crippen molar-refractivity contribution in [1.82, 2.24) is 0 Å². The number of benzene rings is 2. The molecule has 9 heteroatoms. The van der Waals surface area contributed by atoms with E-state index in [0.29, 0.717) is 34.0 Å². The molecule has 0 radical (unpaired) electrons. The topological polar surface area (TPSA) is 104 Å². The van der Waals surface area contributed by atoms with Crippen molar-refractivity contribution < 1.29 is 32.4 Å². The number of nitrogens with zero attached hydrogens (tertiary/aromatic N) is 4. The molecule has 5 aliphatic heterocycles. The Hall–Kier alpha value is -4.43. The van der Waals surface area contributed by atoms with Gasteiger partial charge in [-0.05, 0) is 72.4 Å². The number of hydrogen-bond acceptors (Lipinski definition) is 6. The van der Waals surface area contributed by atoms with Crippen LogP contribution in [0.25, 0.3) is 11.1 Å². The fraction of sp³-hybridized carbons (Fsp3) is 0. The van der Waals surface area contributed by atoms with Crippen LogP contribution >= 0.6 is 0 Å². The third kappa shape index (κ3) is 5.35. The zero-order chi connectivity index (χ0) is 27.3. The fourth-order valence-corrected chi connectivity index (χ4v) is 5.65. The summed E-state index contributed by atoms with van der Waals surface area (Å²) >= 11 is 0. The molecule has 7 rings (SSSR count). The van der Waals surface area contributed by atoms with Gasteiger partial charge in [-0.1, -0.05) is 48.5 Å². The second-order valence-electron chi connectivity index (χ2n) is 9.46. The molecule has 0 aliphatic carbocycles. The van der Waals surface area contributed by atoms with Gasteiger partial charge in [0.15, 0.2) is 0 Å². The van der Waals surface area contributed by atoms with Crippen LogP contribution < -0.4 is 0 Å². The Bertz CT molecular complexity index is 2000. The van der Waals surface area contributed by atoms with E-state index < -0.39 is 10.1 Å². The number of fused-ring (bicyclic) bond motifs is 4. The van der Waals surface area contributed by atoms with E-state index in [1.807, 2.05) is 78.9 Å². The largest absolute Gasteiger partial charge is 0.295 e. The van der Waals surface area contributed by atoms with E-state index in [9.17, 15) is 13.0 Å². The quantitative estimate of drug-likeness (QED) is 0.349. The van der Waals surface area contributed by atoms with Crippen LogP contribution in [0.1, 0.15) is 11.1 Å². The van der Waals surface area contributed by atoms with E-state index in [4.69, 9.17) is 15.0 Å². The Morgan fingerprint density at radius 1 is 0.561 bits per heavy atom. The van der Waals surface area contributed by atoms with Gasteiger partial charge in [-0.25, -0.2) is 20.0 Å². The Kier molecular flexibility index (Phi) is 6.87. The van der Waals surface area contributed by atoms with Crippen LogP contribution in [-0.4, -0.2) is 35.8 Å². The number of aliphatic imine (C=N–C) groups is 4. The van der Waals surface area contributed by atoms with Gasteiger partial charge in [0.1, 0.15) is 4.90 Å². The third-order valence-electron chi connectivity index (χ3n) is 6.70. The summed E-state index contributed by atoms with van der Waals surface area (Å²) in [5.74, 6) is 0. The molecule has 2 aromatic rings. The van der Waals surface area contributed by atoms with Crippen LogP contribution in [0.3, 0.4) is 0 Å². The van der Waals surface area contributed by atoms with E-state index in [1.165, 1.54) is 6.07 Å². The Morgan fingerprint density at radius 2 is 1.22 bits per heavy atom. The summed E-state index contributed by atoms with van der Waals surface area (Å²) in [7, 11) is -4.47. The van der Waals surface area contributed by atoms with Crippen molar-refractivity contribution in [2.24, 2.45) is 20.0 Å². The van der Waals surface area contributed by atoms with Gasteiger partial charge >= 0.3 is 0 Å². The van der Waals surface area contributed by atoms with Crippen molar-refractivity contribution in [3.8, 4) is 0 Å². The second kappa shape index (κ2) is 10.5. The van der Waals surface area contributed by atoms with Crippen molar-refractivity contribution in [3.63, 3.8) is 0 Å². The second-order valence-corrected chi connectivity index (χ2v) is 10.9. The first-order valence-electron chi connectivity index (χ1n) is 12.5. The van der Waals surface area contributed by atoms with Crippen LogP contribution in [0, 0.1) is 0 Å². The Labute approximate surface area is 249 Å². The summed E-state index contributed by atoms with van der Waals surface area (Å²) in [5, 5.41) is 0. The van der Waals surface area contributed by atoms with Crippen molar-refractivity contribution in [1.29, 1.82) is 0 Å². The first kappa shape index (κ1) is 26.8. The first-order chi connectivity index (χ1) is 19.4. The molecule has 41 heavy (non-hydrogen) atoms. The molecule has 0 unspecified atom stereocenters. The molecule has 0 saturated heterocycles. The average Bonchev–Trinajstić information content (AvgIpc) is 3.73. The number of rotatable bonds is 3. The van der Waals surface area contributed by atoms with Gasteiger partial charge in [0.2, 0.25) is 0 Å². The maximum Gasteiger partial charge on any atom is 0.295 e. The van der Waals surface area contributed by atoms with Gasteiger partial charge < -0.3 is 0 Å². The van der Waals surface area contributed by atoms with Crippen molar-refractivity contribution in [2.75, 3.05) is 0 Å². The molecule has 2 aromatic carbocycles. The Balaban J connectivity index is 0.00000302. The monoisotopic (exact) mass is 604 g/mol. The smallest absolute Gasteiger partial charge is 0.282 e. The van der Waals surface area contributed by atoms with Gasteiger partial charge in [0.05, 0.1) is 45.6 Å². The molecular weight excluding hydrogens is 586 g/mol. The molecule has 7 nitrogen and oxygen atoms in total. The summed E-state index contributed by atoms with van der Waals surface area (Å²) in [4.78, 5) is 18.9. The standard InChI is InChI=1S/C32H20N4O3S.Zn/c37-40(38,39)32-9-5-4-8-27(32)29-17-26-15-25-16-28(20-6-2-1-3-7-20)30(35-25)18-23-12-10-21(33-23)14-22-11-13-24(34-22)19-31(29)36-26;/h1-19H,(H,37,38,39);. The summed E-state index contributed by atoms with van der Waals surface area (Å²) in [6.45, 7) is 0. The zero-order valence-corrected chi connectivity index (χ0v) is 25.4. The predicted octanol–water partition coefficient (Wildman–Crippen LogP) is 5.88. The molecule has 0 fully saturated rings. The van der Waals surface area contributed by atoms with Crippen molar-refractivity contribution in [2.45, 2.75) is 4.90 Å². The minimum atomic E-state index is -4.47. The van der Waals surface area contributed by atoms with Crippen molar-refractivity contribution >= 4 is 44.1 Å². The molecule has 5 heterocycles. The van der Waals surface area contributed by atoms with Gasteiger partial charge in [-0.3, -0.25) is 4.55 Å². The minimum Gasteiger partial charge on any atom is -0.282 e. The molecule has 0 atom stereocenters. The van der Waals surface area contributed by atoms with Gasteiger partial charge in [0.25, 0.3) is 10.1 Å². The summed E-state index contributed by atoms with van der Waals surface area (Å²) in [6.07, 6.45) is 19.0. The number of allylic oxidation sites excluding steroid dienone is 12. The van der Waals surface area contributed by atoms with Crippen LogP contribution in [0.2, 0.25) is 0 Å². The van der Waals surface area contributed by atoms with Gasteiger partial charge in [-0.15, -0.1) is 0 Å². The molecule has 0 amide bonds. The summed E-state index contributed by atoms with van der Waals surface area (Å²) in [6, 6.07) is 16.3. The van der Waals surface area contributed by atoms with E-state index in [1.54, 1.807) is 30.4 Å². The molecule has 8 bridgehead atoms. The maximum atomic E-state index is 12.2. The van der Waals surface area contributed by atoms with E-state index in [-0.39, 0.29) is 24.4 Å². The van der Waals surface area contributed by atoms with Crippen LogP contribution in [0.5, 0.6) is 0 Å². The van der Waals surface area contributed by atoms with Crippen molar-refractivity contribution in [3.05, 3.63) is 149 Å². The SMILES string of the molecule is O=S(=O)(O)c1ccccc1C1=CC2=CC3=NC(=CC4=NC(=CC5=NC(=CC1=N2)C=C5)C=C4)C(c1ccccc1)=C3.[Zn]. The Morgan fingerprint density at radius 3 is 1.98 bits per heavy atom. The van der Waals surface area contributed by atoms with Crippen LogP contribution in [0.4, 0.5) is 0 Å². The minimum absolute atomic E-state index is 0. The van der Waals surface area contributed by atoms with E-state index in [2.05, 4.69) is 4.99 Å². The molecule has 5 aliphatic rings. The molecule has 1 N–H and O–H groups in total. The molecular formula is C32H20N4O3SZn. The van der Waals surface area contributed by atoms with E-state index >= 15 is 0 Å². The predicted molar refractivity (Wildman–Crippen MR) is 159 cm³/mol. The first-order valence-corrected chi connectivity index (χ1v) is 14.0. The molecule has 194 valence electrons. The normalized spacial score (nSPS) is 18.7. The summed E-state index contributed by atoms with van der Waals surface area (Å²) in [5.41, 5.74) is 8.44. The molecule has 0 spiro atoms. The zero-order valence-electron chi connectivity index (χ0n) is 21.6.